The molecule has 1 aromatic carbocycles. The lowest BCUT2D eigenvalue weighted by molar-refractivity contribution is 0.0952. The van der Waals surface area contributed by atoms with Crippen molar-refractivity contribution in [1.82, 2.24) is 5.32 Å². The quantitative estimate of drug-likeness (QED) is 0.618. The first-order valence-corrected chi connectivity index (χ1v) is 6.51. The molecule has 0 spiro atoms. The van der Waals surface area contributed by atoms with Crippen LogP contribution >= 0.6 is 0 Å². The highest BCUT2D eigenvalue weighted by molar-refractivity contribution is 5.99. The number of para-hydroxylation sites is 1. The lowest BCUT2D eigenvalue weighted by Crippen LogP contribution is -2.26. The van der Waals surface area contributed by atoms with Gasteiger partial charge in [-0.2, -0.15) is 0 Å². The Labute approximate surface area is 108 Å². The molecule has 18 heavy (non-hydrogen) atoms. The van der Waals surface area contributed by atoms with Gasteiger partial charge in [0.25, 0.3) is 5.91 Å². The molecule has 1 aromatic rings. The number of carbonyl (C=O) groups excluding carboxylic acids is 1. The van der Waals surface area contributed by atoms with Crippen molar-refractivity contribution >= 4 is 11.6 Å². The van der Waals surface area contributed by atoms with Crippen molar-refractivity contribution < 1.29 is 9.90 Å². The van der Waals surface area contributed by atoms with Crippen LogP contribution in [0.4, 0.5) is 5.69 Å². The molecule has 0 aliphatic heterocycles. The molecule has 0 aromatic heterocycles. The fraction of sp³-hybridized carbons (Fsp3) is 0.500. The standard InChI is InChI=1S/C14H22N2O2/c1-2-3-9-15-13-8-5-4-7-12(13)14(18)16-10-6-11-17/h4-5,7-8,15,17H,2-3,6,9-11H2,1H3,(H,16,18). The minimum absolute atomic E-state index is 0.0939. The number of benzene rings is 1. The molecule has 0 atom stereocenters. The Kier molecular flexibility index (Phi) is 6.87. The fourth-order valence-corrected chi connectivity index (χ4v) is 1.61. The lowest BCUT2D eigenvalue weighted by atomic mass is 10.1. The molecular formula is C14H22N2O2. The topological polar surface area (TPSA) is 61.4 Å². The van der Waals surface area contributed by atoms with Crippen LogP contribution in [-0.2, 0) is 0 Å². The number of aliphatic hydroxyl groups is 1. The Hall–Kier alpha value is -1.55. The van der Waals surface area contributed by atoms with Crippen LogP contribution in [0.25, 0.3) is 0 Å². The highest BCUT2D eigenvalue weighted by Gasteiger charge is 2.09. The number of hydrogen-bond donors (Lipinski definition) is 3. The molecule has 0 saturated heterocycles. The zero-order valence-electron chi connectivity index (χ0n) is 10.9. The molecule has 100 valence electrons. The van der Waals surface area contributed by atoms with Gasteiger partial charge in [-0.3, -0.25) is 4.79 Å². The van der Waals surface area contributed by atoms with Crippen LogP contribution in [0.3, 0.4) is 0 Å². The monoisotopic (exact) mass is 250 g/mol. The summed E-state index contributed by atoms with van der Waals surface area (Å²) in [7, 11) is 0. The molecule has 0 aliphatic carbocycles. The Morgan fingerprint density at radius 2 is 2.00 bits per heavy atom. The molecule has 0 unspecified atom stereocenters. The number of rotatable bonds is 8. The molecule has 1 rings (SSSR count). The van der Waals surface area contributed by atoms with Crippen LogP contribution in [0.2, 0.25) is 0 Å². The van der Waals surface area contributed by atoms with Crippen molar-refractivity contribution in [3.8, 4) is 0 Å². The molecule has 1 amide bonds. The molecule has 0 saturated carbocycles. The third kappa shape index (κ3) is 4.75. The van der Waals surface area contributed by atoms with E-state index in [0.29, 0.717) is 18.5 Å². The number of unbranched alkanes of at least 4 members (excludes halogenated alkanes) is 1. The molecule has 0 bridgehead atoms. The second kappa shape index (κ2) is 8.53. The summed E-state index contributed by atoms with van der Waals surface area (Å²) in [4.78, 5) is 11.9. The first-order chi connectivity index (χ1) is 8.79. The average molecular weight is 250 g/mol. The predicted octanol–water partition coefficient (Wildman–Crippen LogP) is 2.01. The van der Waals surface area contributed by atoms with Crippen molar-refractivity contribution in [2.24, 2.45) is 0 Å². The summed E-state index contributed by atoms with van der Waals surface area (Å²) in [5.41, 5.74) is 1.53. The van der Waals surface area contributed by atoms with Crippen molar-refractivity contribution in [2.45, 2.75) is 26.2 Å². The van der Waals surface area contributed by atoms with Gasteiger partial charge in [0.15, 0.2) is 0 Å². The van der Waals surface area contributed by atoms with Crippen LogP contribution in [0.1, 0.15) is 36.5 Å². The summed E-state index contributed by atoms with van der Waals surface area (Å²) in [6, 6.07) is 7.49. The van der Waals surface area contributed by atoms with Gasteiger partial charge in [-0.25, -0.2) is 0 Å². The average Bonchev–Trinajstić information content (AvgIpc) is 2.40. The van der Waals surface area contributed by atoms with Gasteiger partial charge in [0, 0.05) is 25.4 Å². The Bertz CT molecular complexity index is 367. The van der Waals surface area contributed by atoms with Crippen LogP contribution < -0.4 is 10.6 Å². The smallest absolute Gasteiger partial charge is 0.253 e. The van der Waals surface area contributed by atoms with E-state index >= 15 is 0 Å². The Morgan fingerprint density at radius 3 is 2.72 bits per heavy atom. The highest BCUT2D eigenvalue weighted by atomic mass is 16.3. The lowest BCUT2D eigenvalue weighted by Gasteiger charge is -2.11. The van der Waals surface area contributed by atoms with E-state index in [1.165, 1.54) is 0 Å². The van der Waals surface area contributed by atoms with Crippen molar-refractivity contribution in [1.29, 1.82) is 0 Å². The van der Waals surface area contributed by atoms with Gasteiger partial charge in [-0.1, -0.05) is 25.5 Å². The van der Waals surface area contributed by atoms with E-state index in [2.05, 4.69) is 17.6 Å². The van der Waals surface area contributed by atoms with E-state index in [-0.39, 0.29) is 12.5 Å². The van der Waals surface area contributed by atoms with Crippen LogP contribution in [0, 0.1) is 0 Å². The summed E-state index contributed by atoms with van der Waals surface area (Å²) in [6.07, 6.45) is 2.79. The molecule has 0 radical (unpaired) electrons. The van der Waals surface area contributed by atoms with E-state index < -0.39 is 0 Å². The van der Waals surface area contributed by atoms with E-state index in [9.17, 15) is 4.79 Å². The molecule has 0 aliphatic rings. The van der Waals surface area contributed by atoms with Crippen molar-refractivity contribution in [2.75, 3.05) is 25.0 Å². The maximum Gasteiger partial charge on any atom is 0.253 e. The minimum Gasteiger partial charge on any atom is -0.396 e. The number of aliphatic hydroxyl groups excluding tert-OH is 1. The Morgan fingerprint density at radius 1 is 1.22 bits per heavy atom. The predicted molar refractivity (Wildman–Crippen MR) is 73.9 cm³/mol. The van der Waals surface area contributed by atoms with Gasteiger partial charge < -0.3 is 15.7 Å². The summed E-state index contributed by atoms with van der Waals surface area (Å²) >= 11 is 0. The second-order valence-corrected chi connectivity index (χ2v) is 4.16. The zero-order valence-corrected chi connectivity index (χ0v) is 10.9. The van der Waals surface area contributed by atoms with Gasteiger partial charge in [0.1, 0.15) is 0 Å². The molecule has 0 fully saturated rings. The minimum atomic E-state index is -0.0944. The fourth-order valence-electron chi connectivity index (χ4n) is 1.61. The third-order valence-electron chi connectivity index (χ3n) is 2.64. The summed E-state index contributed by atoms with van der Waals surface area (Å²) in [6.45, 7) is 3.60. The van der Waals surface area contributed by atoms with Gasteiger partial charge in [-0.05, 0) is 25.0 Å². The Balaban J connectivity index is 2.59. The van der Waals surface area contributed by atoms with Crippen molar-refractivity contribution in [3.63, 3.8) is 0 Å². The normalized spacial score (nSPS) is 10.1. The number of amides is 1. The van der Waals surface area contributed by atoms with Crippen molar-refractivity contribution in [3.05, 3.63) is 29.8 Å². The number of nitrogens with one attached hydrogen (secondary N) is 2. The molecular weight excluding hydrogens is 228 g/mol. The van der Waals surface area contributed by atoms with E-state index in [1.54, 1.807) is 0 Å². The molecule has 4 heteroatoms. The van der Waals surface area contributed by atoms with Gasteiger partial charge in [-0.15, -0.1) is 0 Å². The zero-order chi connectivity index (χ0) is 13.2. The van der Waals surface area contributed by atoms with Crippen LogP contribution in [0.15, 0.2) is 24.3 Å². The molecule has 4 nitrogen and oxygen atoms in total. The summed E-state index contributed by atoms with van der Waals surface area (Å²) in [5, 5.41) is 14.8. The van der Waals surface area contributed by atoms with Crippen LogP contribution in [0.5, 0.6) is 0 Å². The van der Waals surface area contributed by atoms with Crippen LogP contribution in [-0.4, -0.2) is 30.7 Å². The maximum absolute atomic E-state index is 11.9. The SMILES string of the molecule is CCCCNc1ccccc1C(=O)NCCCO. The number of carbonyl (C=O) groups is 1. The van der Waals surface area contributed by atoms with E-state index in [0.717, 1.165) is 25.1 Å². The highest BCUT2D eigenvalue weighted by Crippen LogP contribution is 2.14. The second-order valence-electron chi connectivity index (χ2n) is 4.16. The number of hydrogen-bond acceptors (Lipinski definition) is 3. The van der Waals surface area contributed by atoms with E-state index in [1.807, 2.05) is 24.3 Å². The van der Waals surface area contributed by atoms with Gasteiger partial charge >= 0.3 is 0 Å². The molecule has 3 N–H and O–H groups in total. The van der Waals surface area contributed by atoms with E-state index in [4.69, 9.17) is 5.11 Å². The first-order valence-electron chi connectivity index (χ1n) is 6.51. The largest absolute Gasteiger partial charge is 0.396 e. The van der Waals surface area contributed by atoms with Gasteiger partial charge in [0.05, 0.1) is 5.56 Å². The number of anilines is 1. The third-order valence-corrected chi connectivity index (χ3v) is 2.64. The van der Waals surface area contributed by atoms with Gasteiger partial charge in [0.2, 0.25) is 0 Å². The first kappa shape index (κ1) is 14.5. The maximum atomic E-state index is 11.9. The molecule has 0 heterocycles. The summed E-state index contributed by atoms with van der Waals surface area (Å²) < 4.78 is 0. The summed E-state index contributed by atoms with van der Waals surface area (Å²) in [5.74, 6) is -0.0944.